The lowest BCUT2D eigenvalue weighted by Gasteiger charge is -2.33. The third-order valence-corrected chi connectivity index (χ3v) is 5.55. The summed E-state index contributed by atoms with van der Waals surface area (Å²) in [5.74, 6) is 0.352. The Balaban J connectivity index is 1.39. The van der Waals surface area contributed by atoms with Gasteiger partial charge in [0.1, 0.15) is 0 Å². The molecular weight excluding hydrogens is 340 g/mol. The van der Waals surface area contributed by atoms with Gasteiger partial charge in [-0.2, -0.15) is 5.26 Å². The van der Waals surface area contributed by atoms with Crippen LogP contribution in [0.5, 0.6) is 0 Å². The molecule has 2 amide bonds. The maximum Gasteiger partial charge on any atom is 0.238 e. The molecule has 0 radical (unpaired) electrons. The van der Waals surface area contributed by atoms with E-state index in [0.29, 0.717) is 17.8 Å². The van der Waals surface area contributed by atoms with Gasteiger partial charge >= 0.3 is 0 Å². The maximum atomic E-state index is 12.4. The van der Waals surface area contributed by atoms with Crippen LogP contribution in [0.25, 0.3) is 0 Å². The minimum absolute atomic E-state index is 0.0743. The van der Waals surface area contributed by atoms with E-state index in [0.717, 1.165) is 38.8 Å². The number of piperidine rings is 1. The van der Waals surface area contributed by atoms with Gasteiger partial charge in [-0.3, -0.25) is 14.5 Å². The van der Waals surface area contributed by atoms with Crippen molar-refractivity contribution >= 4 is 17.5 Å². The Morgan fingerprint density at radius 2 is 1.85 bits per heavy atom. The summed E-state index contributed by atoms with van der Waals surface area (Å²) < 4.78 is 0. The molecule has 6 heteroatoms. The maximum absolute atomic E-state index is 12.4. The van der Waals surface area contributed by atoms with Crippen molar-refractivity contribution in [3.05, 3.63) is 29.8 Å². The molecule has 144 valence electrons. The van der Waals surface area contributed by atoms with Gasteiger partial charge in [-0.05, 0) is 43.9 Å². The summed E-state index contributed by atoms with van der Waals surface area (Å²) in [5, 5.41) is 15.0. The van der Waals surface area contributed by atoms with E-state index in [9.17, 15) is 9.59 Å². The molecule has 0 aromatic heterocycles. The number of anilines is 1. The second-order valence-corrected chi connectivity index (χ2v) is 7.63. The average molecular weight is 368 g/mol. The zero-order valence-electron chi connectivity index (χ0n) is 15.7. The number of rotatable bonds is 5. The van der Waals surface area contributed by atoms with Crippen LogP contribution in [0.3, 0.4) is 0 Å². The molecule has 0 unspecified atom stereocenters. The van der Waals surface area contributed by atoms with Gasteiger partial charge in [-0.15, -0.1) is 0 Å². The molecule has 0 atom stereocenters. The summed E-state index contributed by atoms with van der Waals surface area (Å²) in [4.78, 5) is 26.7. The molecule has 6 nitrogen and oxygen atoms in total. The number of amides is 2. The van der Waals surface area contributed by atoms with Gasteiger partial charge in [0, 0.05) is 30.7 Å². The zero-order valence-corrected chi connectivity index (χ0v) is 15.7. The first-order valence-electron chi connectivity index (χ1n) is 9.97. The smallest absolute Gasteiger partial charge is 0.238 e. The number of carbonyl (C=O) groups excluding carboxylic acids is 2. The first-order valence-corrected chi connectivity index (χ1v) is 9.97. The molecule has 1 heterocycles. The summed E-state index contributed by atoms with van der Waals surface area (Å²) in [6.45, 7) is 1.95. The second kappa shape index (κ2) is 9.52. The van der Waals surface area contributed by atoms with Crippen LogP contribution in [0, 0.1) is 17.2 Å². The van der Waals surface area contributed by atoms with Crippen molar-refractivity contribution in [3.63, 3.8) is 0 Å². The Labute approximate surface area is 160 Å². The molecule has 1 saturated heterocycles. The largest absolute Gasteiger partial charge is 0.353 e. The van der Waals surface area contributed by atoms with E-state index >= 15 is 0 Å². The third-order valence-electron chi connectivity index (χ3n) is 5.55. The van der Waals surface area contributed by atoms with Gasteiger partial charge in [0.15, 0.2) is 0 Å². The average Bonchev–Trinajstić information content (AvgIpc) is 2.70. The summed E-state index contributed by atoms with van der Waals surface area (Å²) in [6.07, 6.45) is 7.41. The van der Waals surface area contributed by atoms with Crippen molar-refractivity contribution in [3.8, 4) is 6.07 Å². The van der Waals surface area contributed by atoms with Crippen molar-refractivity contribution in [1.82, 2.24) is 10.2 Å². The van der Waals surface area contributed by atoms with Gasteiger partial charge in [0.05, 0.1) is 18.2 Å². The molecule has 3 rings (SSSR count). The number of hydrogen-bond donors (Lipinski definition) is 2. The topological polar surface area (TPSA) is 85.2 Å². The second-order valence-electron chi connectivity index (χ2n) is 7.63. The summed E-state index contributed by atoms with van der Waals surface area (Å²) in [5.41, 5.74) is 1.18. The molecule has 1 aliphatic heterocycles. The number of nitriles is 1. The fraction of sp³-hybridized carbons (Fsp3) is 0.571. The SMILES string of the molecule is N#Cc1cccc(NC(=O)CN2CCC(NC(=O)C3CCCCC3)CC2)c1. The van der Waals surface area contributed by atoms with Crippen LogP contribution in [0.2, 0.25) is 0 Å². The van der Waals surface area contributed by atoms with Crippen LogP contribution in [-0.2, 0) is 9.59 Å². The molecular formula is C21H28N4O2. The zero-order chi connectivity index (χ0) is 19.1. The number of likely N-dealkylation sites (tertiary alicyclic amines) is 1. The van der Waals surface area contributed by atoms with E-state index in [1.165, 1.54) is 19.3 Å². The van der Waals surface area contributed by atoms with Crippen LogP contribution in [0.15, 0.2) is 24.3 Å². The lowest BCUT2D eigenvalue weighted by Crippen LogP contribution is -2.48. The normalized spacial score (nSPS) is 19.2. The Kier molecular flexibility index (Phi) is 6.83. The number of benzene rings is 1. The van der Waals surface area contributed by atoms with E-state index in [1.807, 2.05) is 0 Å². The fourth-order valence-electron chi connectivity index (χ4n) is 3.99. The van der Waals surface area contributed by atoms with Crippen LogP contribution in [-0.4, -0.2) is 42.4 Å². The van der Waals surface area contributed by atoms with Gasteiger partial charge in [-0.1, -0.05) is 25.3 Å². The number of carbonyl (C=O) groups is 2. The fourth-order valence-corrected chi connectivity index (χ4v) is 3.99. The van der Waals surface area contributed by atoms with Crippen molar-refractivity contribution in [2.45, 2.75) is 51.0 Å². The molecule has 1 aromatic carbocycles. The molecule has 27 heavy (non-hydrogen) atoms. The first-order chi connectivity index (χ1) is 13.1. The molecule has 1 aliphatic carbocycles. The van der Waals surface area contributed by atoms with E-state index in [1.54, 1.807) is 24.3 Å². The van der Waals surface area contributed by atoms with Crippen LogP contribution >= 0.6 is 0 Å². The van der Waals surface area contributed by atoms with Gasteiger partial charge in [0.25, 0.3) is 0 Å². The number of nitrogens with zero attached hydrogens (tertiary/aromatic N) is 2. The Morgan fingerprint density at radius 1 is 1.11 bits per heavy atom. The summed E-state index contributed by atoms with van der Waals surface area (Å²) >= 11 is 0. The van der Waals surface area contributed by atoms with Crippen molar-refractivity contribution in [2.75, 3.05) is 25.0 Å². The summed E-state index contributed by atoms with van der Waals surface area (Å²) in [6, 6.07) is 9.22. The number of hydrogen-bond acceptors (Lipinski definition) is 4. The minimum atomic E-state index is -0.0743. The highest BCUT2D eigenvalue weighted by atomic mass is 16.2. The third kappa shape index (κ3) is 5.80. The highest BCUT2D eigenvalue weighted by Crippen LogP contribution is 2.24. The lowest BCUT2D eigenvalue weighted by molar-refractivity contribution is -0.127. The van der Waals surface area contributed by atoms with Crippen LogP contribution in [0.4, 0.5) is 5.69 Å². The minimum Gasteiger partial charge on any atom is -0.353 e. The molecule has 2 N–H and O–H groups in total. The van der Waals surface area contributed by atoms with Crippen molar-refractivity contribution in [2.24, 2.45) is 5.92 Å². The Hall–Kier alpha value is -2.39. The Bertz CT molecular complexity index is 698. The molecule has 2 fully saturated rings. The summed E-state index contributed by atoms with van der Waals surface area (Å²) in [7, 11) is 0. The predicted octanol–water partition coefficient (Wildman–Crippen LogP) is 2.66. The molecule has 0 bridgehead atoms. The standard InChI is InChI=1S/C21H28N4O2/c22-14-16-5-4-8-19(13-16)23-20(26)15-25-11-9-18(10-12-25)24-21(27)17-6-2-1-3-7-17/h4-5,8,13,17-18H,1-3,6-7,9-12,15H2,(H,23,26)(H,24,27). The Morgan fingerprint density at radius 3 is 2.56 bits per heavy atom. The quantitative estimate of drug-likeness (QED) is 0.837. The molecule has 1 saturated carbocycles. The predicted molar refractivity (Wildman–Crippen MR) is 104 cm³/mol. The van der Waals surface area contributed by atoms with Gasteiger partial charge in [-0.25, -0.2) is 0 Å². The highest BCUT2D eigenvalue weighted by molar-refractivity contribution is 5.92. The molecule has 1 aromatic rings. The van der Waals surface area contributed by atoms with E-state index in [-0.39, 0.29) is 23.8 Å². The highest BCUT2D eigenvalue weighted by Gasteiger charge is 2.26. The van der Waals surface area contributed by atoms with Gasteiger partial charge in [0.2, 0.25) is 11.8 Å². The van der Waals surface area contributed by atoms with E-state index in [4.69, 9.17) is 5.26 Å². The van der Waals surface area contributed by atoms with Gasteiger partial charge < -0.3 is 10.6 Å². The van der Waals surface area contributed by atoms with Crippen molar-refractivity contribution in [1.29, 1.82) is 5.26 Å². The van der Waals surface area contributed by atoms with E-state index in [2.05, 4.69) is 21.6 Å². The monoisotopic (exact) mass is 368 g/mol. The molecule has 2 aliphatic rings. The molecule has 0 spiro atoms. The van der Waals surface area contributed by atoms with E-state index < -0.39 is 0 Å². The van der Waals surface area contributed by atoms with Crippen LogP contribution in [0.1, 0.15) is 50.5 Å². The number of nitrogens with one attached hydrogen (secondary N) is 2. The lowest BCUT2D eigenvalue weighted by atomic mass is 9.88. The van der Waals surface area contributed by atoms with Crippen molar-refractivity contribution < 1.29 is 9.59 Å². The first kappa shape index (κ1) is 19.4. The van der Waals surface area contributed by atoms with Crippen LogP contribution < -0.4 is 10.6 Å².